The van der Waals surface area contributed by atoms with Crippen molar-refractivity contribution in [1.82, 2.24) is 0 Å². The molecule has 1 fully saturated rings. The number of ketones is 1. The summed E-state index contributed by atoms with van der Waals surface area (Å²) in [5.41, 5.74) is 0.737. The number of hydrogen-bond acceptors (Lipinski definition) is 2. The lowest BCUT2D eigenvalue weighted by Crippen LogP contribution is -2.28. The summed E-state index contributed by atoms with van der Waals surface area (Å²) in [7, 11) is 0. The Bertz CT molecular complexity index is 370. The molecule has 2 heteroatoms. The highest BCUT2D eigenvalue weighted by atomic mass is 16.1. The zero-order valence-corrected chi connectivity index (χ0v) is 9.26. The molecule has 0 aliphatic heterocycles. The number of rotatable bonds is 3. The van der Waals surface area contributed by atoms with Gasteiger partial charge in [-0.1, -0.05) is 43.2 Å². The fraction of sp³-hybridized carbons (Fsp3) is 0.429. The zero-order valence-electron chi connectivity index (χ0n) is 9.26. The van der Waals surface area contributed by atoms with Gasteiger partial charge in [-0.15, -0.1) is 0 Å². The molecule has 0 radical (unpaired) electrons. The van der Waals surface area contributed by atoms with E-state index in [1.807, 2.05) is 30.3 Å². The Morgan fingerprint density at radius 3 is 2.50 bits per heavy atom. The van der Waals surface area contributed by atoms with Crippen LogP contribution in [0.4, 0.5) is 0 Å². The molecule has 0 spiro atoms. The van der Waals surface area contributed by atoms with Crippen molar-refractivity contribution < 1.29 is 9.59 Å². The normalized spacial score (nSPS) is 25.0. The highest BCUT2D eigenvalue weighted by Gasteiger charge is 2.30. The van der Waals surface area contributed by atoms with Gasteiger partial charge in [-0.25, -0.2) is 0 Å². The Kier molecular flexibility index (Phi) is 3.50. The van der Waals surface area contributed by atoms with Crippen LogP contribution in [-0.4, -0.2) is 12.1 Å². The van der Waals surface area contributed by atoms with Crippen molar-refractivity contribution in [3.05, 3.63) is 35.9 Å². The molecule has 16 heavy (non-hydrogen) atoms. The summed E-state index contributed by atoms with van der Waals surface area (Å²) in [6.45, 7) is 0. The fourth-order valence-corrected chi connectivity index (χ4v) is 2.46. The quantitative estimate of drug-likeness (QED) is 0.575. The second-order valence-electron chi connectivity index (χ2n) is 4.42. The number of aldehydes is 1. The molecule has 0 heterocycles. The summed E-state index contributed by atoms with van der Waals surface area (Å²) >= 11 is 0. The molecule has 2 unspecified atom stereocenters. The zero-order chi connectivity index (χ0) is 11.4. The van der Waals surface area contributed by atoms with Gasteiger partial charge in [0.15, 0.2) is 5.78 Å². The van der Waals surface area contributed by atoms with Crippen molar-refractivity contribution in [2.45, 2.75) is 25.7 Å². The van der Waals surface area contributed by atoms with Crippen LogP contribution in [0.3, 0.4) is 0 Å². The fourth-order valence-electron chi connectivity index (χ4n) is 2.46. The van der Waals surface area contributed by atoms with Crippen molar-refractivity contribution >= 4 is 12.1 Å². The van der Waals surface area contributed by atoms with Crippen LogP contribution in [0.2, 0.25) is 0 Å². The predicted octanol–water partition coefficient (Wildman–Crippen LogP) is 2.87. The molecule has 0 aromatic heterocycles. The lowest BCUT2D eigenvalue weighted by Gasteiger charge is -2.26. The van der Waals surface area contributed by atoms with Gasteiger partial charge in [0.2, 0.25) is 0 Å². The molecule has 1 aliphatic carbocycles. The van der Waals surface area contributed by atoms with Gasteiger partial charge in [0.25, 0.3) is 0 Å². The van der Waals surface area contributed by atoms with E-state index in [0.717, 1.165) is 37.5 Å². The highest BCUT2D eigenvalue weighted by Crippen LogP contribution is 2.31. The third-order valence-corrected chi connectivity index (χ3v) is 3.39. The van der Waals surface area contributed by atoms with Crippen molar-refractivity contribution in [3.8, 4) is 0 Å². The van der Waals surface area contributed by atoms with E-state index in [1.165, 1.54) is 0 Å². The van der Waals surface area contributed by atoms with E-state index in [4.69, 9.17) is 0 Å². The number of carbonyl (C=O) groups excluding carboxylic acids is 2. The molecule has 2 rings (SSSR count). The van der Waals surface area contributed by atoms with Crippen LogP contribution in [0.25, 0.3) is 0 Å². The molecule has 1 aromatic rings. The topological polar surface area (TPSA) is 34.1 Å². The average Bonchev–Trinajstić information content (AvgIpc) is 2.39. The van der Waals surface area contributed by atoms with Crippen molar-refractivity contribution in [3.63, 3.8) is 0 Å². The van der Waals surface area contributed by atoms with E-state index in [-0.39, 0.29) is 17.6 Å². The Morgan fingerprint density at radius 2 is 1.81 bits per heavy atom. The Labute approximate surface area is 95.7 Å². The van der Waals surface area contributed by atoms with Gasteiger partial charge in [0.1, 0.15) is 6.29 Å². The predicted molar refractivity (Wildman–Crippen MR) is 62.3 cm³/mol. The van der Waals surface area contributed by atoms with Gasteiger partial charge in [-0.3, -0.25) is 4.79 Å². The number of hydrogen-bond donors (Lipinski definition) is 0. The number of benzene rings is 1. The minimum absolute atomic E-state index is 0.0681. The molecular weight excluding hydrogens is 200 g/mol. The number of carbonyl (C=O) groups is 2. The molecule has 1 saturated carbocycles. The van der Waals surface area contributed by atoms with Gasteiger partial charge in [0.05, 0.1) is 0 Å². The van der Waals surface area contributed by atoms with Gasteiger partial charge in [-0.2, -0.15) is 0 Å². The van der Waals surface area contributed by atoms with Gasteiger partial charge in [-0.05, 0) is 12.8 Å². The maximum Gasteiger partial charge on any atom is 0.166 e. The first-order chi connectivity index (χ1) is 7.83. The molecule has 0 bridgehead atoms. The summed E-state index contributed by atoms with van der Waals surface area (Å²) in [5, 5.41) is 0. The van der Waals surface area contributed by atoms with Crippen LogP contribution < -0.4 is 0 Å². The Hall–Kier alpha value is -1.44. The van der Waals surface area contributed by atoms with Gasteiger partial charge in [0, 0.05) is 17.4 Å². The van der Waals surface area contributed by atoms with Gasteiger partial charge >= 0.3 is 0 Å². The van der Waals surface area contributed by atoms with Crippen molar-refractivity contribution in [1.29, 1.82) is 0 Å². The van der Waals surface area contributed by atoms with E-state index >= 15 is 0 Å². The standard InChI is InChI=1S/C14H16O2/c15-10-12-8-4-5-9-13(12)14(16)11-6-2-1-3-7-11/h1-3,6-7,10,12-13H,4-5,8-9H2. The maximum atomic E-state index is 12.2. The van der Waals surface area contributed by atoms with Crippen molar-refractivity contribution in [2.75, 3.05) is 0 Å². The molecular formula is C14H16O2. The van der Waals surface area contributed by atoms with Crippen LogP contribution in [0.1, 0.15) is 36.0 Å². The molecule has 1 aromatic carbocycles. The maximum absolute atomic E-state index is 12.2. The second kappa shape index (κ2) is 5.06. The van der Waals surface area contributed by atoms with E-state index in [0.29, 0.717) is 0 Å². The van der Waals surface area contributed by atoms with E-state index in [2.05, 4.69) is 0 Å². The summed E-state index contributed by atoms with van der Waals surface area (Å²) < 4.78 is 0. The van der Waals surface area contributed by atoms with Crippen molar-refractivity contribution in [2.24, 2.45) is 11.8 Å². The van der Waals surface area contributed by atoms with E-state index in [1.54, 1.807) is 0 Å². The molecule has 2 nitrogen and oxygen atoms in total. The number of Topliss-reactive ketones (excluding diaryl/α,β-unsaturated/α-hetero) is 1. The molecule has 0 saturated heterocycles. The molecule has 0 N–H and O–H groups in total. The average molecular weight is 216 g/mol. The lowest BCUT2D eigenvalue weighted by atomic mass is 9.76. The molecule has 84 valence electrons. The molecule has 2 atom stereocenters. The lowest BCUT2D eigenvalue weighted by molar-refractivity contribution is -0.112. The largest absolute Gasteiger partial charge is 0.303 e. The van der Waals surface area contributed by atoms with Crippen LogP contribution in [0.5, 0.6) is 0 Å². The van der Waals surface area contributed by atoms with Gasteiger partial charge < -0.3 is 4.79 Å². The first-order valence-corrected chi connectivity index (χ1v) is 5.87. The van der Waals surface area contributed by atoms with E-state index in [9.17, 15) is 9.59 Å². The Balaban J connectivity index is 2.17. The minimum atomic E-state index is -0.0892. The summed E-state index contributed by atoms with van der Waals surface area (Å²) in [6.07, 6.45) is 4.82. The molecule has 1 aliphatic rings. The van der Waals surface area contributed by atoms with Crippen LogP contribution in [0.15, 0.2) is 30.3 Å². The summed E-state index contributed by atoms with van der Waals surface area (Å²) in [4.78, 5) is 23.2. The molecule has 0 amide bonds. The van der Waals surface area contributed by atoms with Crippen LogP contribution in [-0.2, 0) is 4.79 Å². The first kappa shape index (κ1) is 11.1. The third-order valence-electron chi connectivity index (χ3n) is 3.39. The first-order valence-electron chi connectivity index (χ1n) is 5.87. The smallest absolute Gasteiger partial charge is 0.166 e. The third kappa shape index (κ3) is 2.21. The highest BCUT2D eigenvalue weighted by molar-refractivity contribution is 5.99. The minimum Gasteiger partial charge on any atom is -0.303 e. The second-order valence-corrected chi connectivity index (χ2v) is 4.42. The van der Waals surface area contributed by atoms with E-state index < -0.39 is 0 Å². The Morgan fingerprint density at radius 1 is 1.12 bits per heavy atom. The van der Waals surface area contributed by atoms with Crippen LogP contribution >= 0.6 is 0 Å². The van der Waals surface area contributed by atoms with Crippen LogP contribution in [0, 0.1) is 11.8 Å². The SMILES string of the molecule is O=CC1CCCCC1C(=O)c1ccccc1. The summed E-state index contributed by atoms with van der Waals surface area (Å²) in [5.74, 6) is -0.0208. The monoisotopic (exact) mass is 216 g/mol. The summed E-state index contributed by atoms with van der Waals surface area (Å²) in [6, 6.07) is 9.30.